The first-order valence-corrected chi connectivity index (χ1v) is 11.6. The molecule has 0 aromatic rings. The lowest BCUT2D eigenvalue weighted by molar-refractivity contribution is -0.199. The fourth-order valence-electron chi connectivity index (χ4n) is 7.96. The highest BCUT2D eigenvalue weighted by molar-refractivity contribution is 9.10. The fraction of sp³-hybridized carbons (Fsp3) is 0.818. The molecule has 2 unspecified atom stereocenters. The zero-order chi connectivity index (χ0) is 20.8. The molecule has 1 saturated heterocycles. The molecule has 5 aliphatic rings. The van der Waals surface area contributed by atoms with Crippen LogP contribution in [-0.2, 0) is 14.3 Å². The minimum absolute atomic E-state index is 0.0606. The molecule has 0 radical (unpaired) electrons. The van der Waals surface area contributed by atoms with Crippen molar-refractivity contribution in [2.45, 2.75) is 87.0 Å². The Morgan fingerprint density at radius 3 is 2.76 bits per heavy atom. The number of halogens is 1. The Hall–Kier alpha value is -0.760. The molecule has 0 amide bonds. The number of aliphatic carboxylic acids is 1. The van der Waals surface area contributed by atoms with Crippen LogP contribution >= 0.6 is 15.9 Å². The van der Waals surface area contributed by atoms with E-state index in [9.17, 15) is 24.9 Å². The lowest BCUT2D eigenvalue weighted by Crippen LogP contribution is -2.66. The zero-order valence-electron chi connectivity index (χ0n) is 16.7. The van der Waals surface area contributed by atoms with Gasteiger partial charge in [-0.2, -0.15) is 0 Å². The van der Waals surface area contributed by atoms with Crippen LogP contribution in [0.5, 0.6) is 0 Å². The molecule has 4 fully saturated rings. The van der Waals surface area contributed by atoms with Crippen molar-refractivity contribution in [1.82, 2.24) is 0 Å². The number of hydrogen-bond acceptors (Lipinski definition) is 5. The van der Waals surface area contributed by atoms with Gasteiger partial charge < -0.3 is 20.1 Å². The van der Waals surface area contributed by atoms with Crippen LogP contribution in [0.3, 0.4) is 0 Å². The van der Waals surface area contributed by atoms with Gasteiger partial charge in [0.15, 0.2) is 12.1 Å². The second-order valence-electron chi connectivity index (χ2n) is 10.2. The summed E-state index contributed by atoms with van der Waals surface area (Å²) in [7, 11) is 0. The van der Waals surface area contributed by atoms with E-state index >= 15 is 0 Å². The predicted molar refractivity (Wildman–Crippen MR) is 107 cm³/mol. The molecule has 3 saturated carbocycles. The standard InChI is InChI=1S/C22H29BrO6/c1-19-7-4-13(24)10-12(19)2-3-15-14-5-8-20(28,9-6-17(25)26)21(14)11-16(22(15,19)23)29-18(21)27/h10,14-16,18,27-28H,2-9,11H2,1H3,(H,25,26)/t14-,15-,16?,18?,19-,20+,21-,22-/m0/s1. The Morgan fingerprint density at radius 1 is 1.28 bits per heavy atom. The van der Waals surface area contributed by atoms with Crippen molar-refractivity contribution in [3.05, 3.63) is 11.6 Å². The van der Waals surface area contributed by atoms with E-state index in [4.69, 9.17) is 4.74 Å². The van der Waals surface area contributed by atoms with Gasteiger partial charge in [-0.1, -0.05) is 28.4 Å². The van der Waals surface area contributed by atoms with Gasteiger partial charge in [-0.15, -0.1) is 0 Å². The van der Waals surface area contributed by atoms with Crippen LogP contribution in [0.1, 0.15) is 64.7 Å². The Balaban J connectivity index is 1.59. The first-order valence-electron chi connectivity index (χ1n) is 10.8. The molecule has 0 aromatic carbocycles. The van der Waals surface area contributed by atoms with Gasteiger partial charge in [0.05, 0.1) is 21.4 Å². The summed E-state index contributed by atoms with van der Waals surface area (Å²) in [5, 5.41) is 31.9. The summed E-state index contributed by atoms with van der Waals surface area (Å²) in [4.78, 5) is 23.3. The number of rotatable bonds is 3. The van der Waals surface area contributed by atoms with Gasteiger partial charge in [-0.25, -0.2) is 0 Å². The number of carbonyl (C=O) groups is 2. The number of fused-ring (bicyclic) bond motifs is 6. The van der Waals surface area contributed by atoms with Crippen LogP contribution < -0.4 is 0 Å². The Labute approximate surface area is 178 Å². The van der Waals surface area contributed by atoms with Crippen LogP contribution in [-0.4, -0.2) is 49.4 Å². The number of ether oxygens (including phenoxy) is 1. The number of carboxylic acids is 1. The maximum absolute atomic E-state index is 12.1. The molecule has 29 heavy (non-hydrogen) atoms. The smallest absolute Gasteiger partial charge is 0.303 e. The van der Waals surface area contributed by atoms with E-state index in [0.29, 0.717) is 19.3 Å². The summed E-state index contributed by atoms with van der Waals surface area (Å²) in [6.45, 7) is 2.22. The van der Waals surface area contributed by atoms with Gasteiger partial charge in [0.1, 0.15) is 0 Å². The van der Waals surface area contributed by atoms with Gasteiger partial charge in [-0.3, -0.25) is 9.59 Å². The Bertz CT molecular complexity index is 811. The molecule has 5 rings (SSSR count). The molecule has 7 heteroatoms. The Kier molecular flexibility index (Phi) is 4.27. The lowest BCUT2D eigenvalue weighted by atomic mass is 9.45. The quantitative estimate of drug-likeness (QED) is 0.550. The van der Waals surface area contributed by atoms with Crippen molar-refractivity contribution < 1.29 is 29.6 Å². The van der Waals surface area contributed by atoms with Gasteiger partial charge in [-0.05, 0) is 62.9 Å². The number of aliphatic hydroxyl groups excluding tert-OH is 1. The normalized spacial score (nSPS) is 53.1. The van der Waals surface area contributed by atoms with Crippen LogP contribution in [0.25, 0.3) is 0 Å². The molecule has 3 N–H and O–H groups in total. The molecule has 6 nitrogen and oxygen atoms in total. The van der Waals surface area contributed by atoms with Gasteiger partial charge in [0, 0.05) is 18.3 Å². The van der Waals surface area contributed by atoms with E-state index in [1.807, 2.05) is 6.08 Å². The molecule has 1 aliphatic heterocycles. The summed E-state index contributed by atoms with van der Waals surface area (Å²) in [6.07, 6.45) is 5.27. The van der Waals surface area contributed by atoms with E-state index in [0.717, 1.165) is 25.7 Å². The third-order valence-corrected chi connectivity index (χ3v) is 11.4. The van der Waals surface area contributed by atoms with E-state index in [-0.39, 0.29) is 42.0 Å². The first-order chi connectivity index (χ1) is 13.6. The molecule has 160 valence electrons. The van der Waals surface area contributed by atoms with E-state index in [2.05, 4.69) is 22.9 Å². The zero-order valence-corrected chi connectivity index (χ0v) is 18.3. The molecule has 0 aromatic heterocycles. The molecule has 4 aliphatic carbocycles. The van der Waals surface area contributed by atoms with Gasteiger partial charge in [0.25, 0.3) is 0 Å². The first kappa shape index (κ1) is 20.2. The number of carboxylic acid groups (broad SMARTS) is 1. The number of hydrogen-bond donors (Lipinski definition) is 3. The second kappa shape index (κ2) is 6.15. The van der Waals surface area contributed by atoms with Crippen molar-refractivity contribution >= 4 is 27.7 Å². The number of carbonyl (C=O) groups excluding carboxylic acids is 1. The van der Waals surface area contributed by atoms with Crippen LogP contribution in [0.2, 0.25) is 0 Å². The Morgan fingerprint density at radius 2 is 2.03 bits per heavy atom. The van der Waals surface area contributed by atoms with Crippen molar-refractivity contribution in [1.29, 1.82) is 0 Å². The third-order valence-electron chi connectivity index (χ3n) is 9.39. The van der Waals surface area contributed by atoms with E-state index in [1.54, 1.807) is 0 Å². The van der Waals surface area contributed by atoms with Crippen molar-refractivity contribution in [3.63, 3.8) is 0 Å². The SMILES string of the molecule is C[C@]12CCC(=O)C=C1CC[C@H]1[C@@H]3CC[C@@](O)(CCC(=O)O)[C@@]34CC(OC4O)[C@@]12Br. The summed E-state index contributed by atoms with van der Waals surface area (Å²) in [6, 6.07) is 0. The lowest BCUT2D eigenvalue weighted by Gasteiger charge is -2.63. The van der Waals surface area contributed by atoms with Crippen molar-refractivity contribution in [2.24, 2.45) is 22.7 Å². The van der Waals surface area contributed by atoms with E-state index in [1.165, 1.54) is 5.57 Å². The number of aliphatic hydroxyl groups is 2. The molecule has 2 bridgehead atoms. The number of allylic oxidation sites excluding steroid dienone is 1. The highest BCUT2D eigenvalue weighted by Gasteiger charge is 2.78. The second-order valence-corrected chi connectivity index (χ2v) is 11.5. The summed E-state index contributed by atoms with van der Waals surface area (Å²) in [5.41, 5.74) is -1.08. The predicted octanol–water partition coefficient (Wildman–Crippen LogP) is 2.94. The number of ketones is 1. The van der Waals surface area contributed by atoms with Crippen LogP contribution in [0, 0.1) is 22.7 Å². The molecule has 8 atom stereocenters. The van der Waals surface area contributed by atoms with E-state index < -0.39 is 27.6 Å². The molecule has 1 heterocycles. The largest absolute Gasteiger partial charge is 0.481 e. The minimum Gasteiger partial charge on any atom is -0.481 e. The summed E-state index contributed by atoms with van der Waals surface area (Å²) >= 11 is 4.14. The average molecular weight is 469 g/mol. The van der Waals surface area contributed by atoms with Gasteiger partial charge >= 0.3 is 5.97 Å². The highest BCUT2D eigenvalue weighted by atomic mass is 79.9. The van der Waals surface area contributed by atoms with Crippen LogP contribution in [0.15, 0.2) is 11.6 Å². The molecular weight excluding hydrogens is 440 g/mol. The third kappa shape index (κ3) is 2.28. The van der Waals surface area contributed by atoms with Gasteiger partial charge in [0.2, 0.25) is 0 Å². The maximum atomic E-state index is 12.1. The summed E-state index contributed by atoms with van der Waals surface area (Å²) in [5.74, 6) is -0.479. The maximum Gasteiger partial charge on any atom is 0.303 e. The highest BCUT2D eigenvalue weighted by Crippen LogP contribution is 2.75. The van der Waals surface area contributed by atoms with Crippen molar-refractivity contribution in [2.75, 3.05) is 0 Å². The minimum atomic E-state index is -1.22. The van der Waals surface area contributed by atoms with Crippen LogP contribution in [0.4, 0.5) is 0 Å². The topological polar surface area (TPSA) is 104 Å². The fourth-order valence-corrected chi connectivity index (χ4v) is 9.23. The van der Waals surface area contributed by atoms with Crippen molar-refractivity contribution in [3.8, 4) is 0 Å². The number of alkyl halides is 1. The summed E-state index contributed by atoms with van der Waals surface area (Å²) < 4.78 is 5.80. The monoisotopic (exact) mass is 468 g/mol. The molecular formula is C22H29BrO6. The molecule has 1 spiro atoms. The average Bonchev–Trinajstić information content (AvgIpc) is 3.14.